The summed E-state index contributed by atoms with van der Waals surface area (Å²) in [7, 11) is 0. The highest BCUT2D eigenvalue weighted by Crippen LogP contribution is 2.37. The summed E-state index contributed by atoms with van der Waals surface area (Å²) in [6, 6.07) is 28.2. The molecule has 0 aliphatic carbocycles. The van der Waals surface area contributed by atoms with Crippen LogP contribution >= 0.6 is 0 Å². The maximum atomic E-state index is 6.37. The van der Waals surface area contributed by atoms with Gasteiger partial charge in [-0.05, 0) is 73.2 Å². The second-order valence-electron chi connectivity index (χ2n) is 13.2. The summed E-state index contributed by atoms with van der Waals surface area (Å²) >= 11 is -1.69. The van der Waals surface area contributed by atoms with Crippen LogP contribution in [-0.2, 0) is 15.7 Å². The fraction of sp³-hybridized carbons (Fsp3) is 0.381. The molecule has 6 aromatic rings. The van der Waals surface area contributed by atoms with Crippen molar-refractivity contribution >= 4 is 54.0 Å². The SMILES string of the molecule is CCCCCCCCc1cccc([O][Al][O][Al][O]c2cccc(CCCCCCCC)c2-c2nc3ccccc3o2)c1-c1nc2ccccc2o1. The largest absolute Gasteiger partial charge is 0.743 e. The lowest BCUT2D eigenvalue weighted by atomic mass is 9.99. The Kier molecular flexibility index (Phi) is 14.5. The molecule has 0 fully saturated rings. The van der Waals surface area contributed by atoms with Crippen LogP contribution < -0.4 is 7.58 Å². The first-order valence-corrected chi connectivity index (χ1v) is 20.7. The minimum absolute atomic E-state index is 0.584. The molecule has 2 heterocycles. The van der Waals surface area contributed by atoms with Crippen molar-refractivity contribution in [2.24, 2.45) is 0 Å². The molecule has 0 saturated carbocycles. The number of hydrogen-bond acceptors (Lipinski definition) is 7. The lowest BCUT2D eigenvalue weighted by Crippen LogP contribution is -2.16. The molecule has 2 radical (unpaired) electrons. The highest BCUT2D eigenvalue weighted by atomic mass is 27.3. The van der Waals surface area contributed by atoms with Gasteiger partial charge in [0.15, 0.2) is 11.2 Å². The standard InChI is InChI=1S/2C21H25NO2.2Al.O/c2*1-2-3-4-5-6-7-11-16-12-10-14-18(23)20(16)21-22-17-13-8-9-15-19(17)24-21;;;/h2*8-10,12-15,23H,2-7,11H2,1H3;;;/q;;2*+1;/p-2. The number of hydrogen-bond donors (Lipinski definition) is 0. The average Bonchev–Trinajstić information content (AvgIpc) is 3.79. The van der Waals surface area contributed by atoms with Crippen LogP contribution in [0.2, 0.25) is 0 Å². The van der Waals surface area contributed by atoms with Crippen molar-refractivity contribution in [2.45, 2.75) is 104 Å². The fourth-order valence-corrected chi connectivity index (χ4v) is 7.81. The van der Waals surface area contributed by atoms with E-state index in [1.165, 1.54) is 75.3 Å². The number of benzene rings is 4. The van der Waals surface area contributed by atoms with E-state index in [0.29, 0.717) is 11.8 Å². The third kappa shape index (κ3) is 10.3. The molecule has 262 valence electrons. The van der Waals surface area contributed by atoms with E-state index in [0.717, 1.165) is 70.5 Å². The lowest BCUT2D eigenvalue weighted by Gasteiger charge is -2.16. The van der Waals surface area contributed by atoms with Gasteiger partial charge in [-0.2, -0.15) is 0 Å². The summed E-state index contributed by atoms with van der Waals surface area (Å²) in [4.78, 5) is 9.69. The molecule has 4 aromatic carbocycles. The quantitative estimate of drug-likeness (QED) is 0.0511. The minimum atomic E-state index is -0.843. The highest BCUT2D eigenvalue weighted by molar-refractivity contribution is 6.35. The zero-order valence-corrected chi connectivity index (χ0v) is 32.4. The second kappa shape index (κ2) is 19.9. The number of nitrogens with zero attached hydrogens (tertiary/aromatic N) is 2. The van der Waals surface area contributed by atoms with Crippen molar-refractivity contribution in [3.63, 3.8) is 0 Å². The van der Waals surface area contributed by atoms with Gasteiger partial charge in [0.25, 0.3) is 0 Å². The topological polar surface area (TPSA) is 79.8 Å². The first-order valence-electron chi connectivity index (χ1n) is 18.8. The van der Waals surface area contributed by atoms with Gasteiger partial charge in [0.1, 0.15) is 11.0 Å². The Bertz CT molecular complexity index is 1750. The molecule has 0 saturated heterocycles. The molecular formula is C42H48Al2N2O5. The number of aryl methyl sites for hydroxylation is 2. The predicted octanol–water partition coefficient (Wildman–Crippen LogP) is 11.7. The van der Waals surface area contributed by atoms with Gasteiger partial charge in [-0.3, -0.25) is 0 Å². The van der Waals surface area contributed by atoms with Gasteiger partial charge in [-0.25, -0.2) is 9.97 Å². The van der Waals surface area contributed by atoms with Crippen LogP contribution in [0.3, 0.4) is 0 Å². The summed E-state index contributed by atoms with van der Waals surface area (Å²) in [6.07, 6.45) is 16.7. The summed E-state index contributed by atoms with van der Waals surface area (Å²) in [5, 5.41) is 0. The van der Waals surface area contributed by atoms with E-state index >= 15 is 0 Å². The zero-order valence-electron chi connectivity index (χ0n) is 30.1. The Balaban J connectivity index is 1.14. The Labute approximate surface area is 315 Å². The van der Waals surface area contributed by atoms with Gasteiger partial charge in [0.05, 0.1) is 22.6 Å². The van der Waals surface area contributed by atoms with E-state index in [1.54, 1.807) is 0 Å². The van der Waals surface area contributed by atoms with Gasteiger partial charge in [0.2, 0.25) is 11.8 Å². The zero-order chi connectivity index (χ0) is 35.1. The van der Waals surface area contributed by atoms with Gasteiger partial charge in [-0.1, -0.05) is 127 Å². The molecule has 7 nitrogen and oxygen atoms in total. The van der Waals surface area contributed by atoms with Crippen molar-refractivity contribution in [1.82, 2.24) is 9.97 Å². The molecule has 0 spiro atoms. The molecule has 51 heavy (non-hydrogen) atoms. The van der Waals surface area contributed by atoms with Gasteiger partial charge in [0, 0.05) is 0 Å². The van der Waals surface area contributed by atoms with Crippen LogP contribution in [0.5, 0.6) is 11.5 Å². The Morgan fingerprint density at radius 1 is 0.490 bits per heavy atom. The number of fused-ring (bicyclic) bond motifs is 2. The van der Waals surface area contributed by atoms with Crippen molar-refractivity contribution in [3.05, 3.63) is 96.1 Å². The van der Waals surface area contributed by atoms with Crippen molar-refractivity contribution in [3.8, 4) is 34.4 Å². The van der Waals surface area contributed by atoms with Crippen LogP contribution in [0.4, 0.5) is 0 Å². The molecular weight excluding hydrogens is 666 g/mol. The number of aromatic nitrogens is 2. The summed E-state index contributed by atoms with van der Waals surface area (Å²) in [5.41, 5.74) is 7.39. The second-order valence-corrected chi connectivity index (χ2v) is 15.1. The Morgan fingerprint density at radius 2 is 0.922 bits per heavy atom. The smallest absolute Gasteiger partial charge is 0.627 e. The third-order valence-electron chi connectivity index (χ3n) is 9.30. The molecule has 0 N–H and O–H groups in total. The van der Waals surface area contributed by atoms with E-state index in [9.17, 15) is 0 Å². The molecule has 0 bridgehead atoms. The molecule has 2 aromatic heterocycles. The van der Waals surface area contributed by atoms with Gasteiger partial charge >= 0.3 is 31.8 Å². The fourth-order valence-electron chi connectivity index (χ4n) is 6.58. The van der Waals surface area contributed by atoms with Crippen molar-refractivity contribution in [2.75, 3.05) is 0 Å². The van der Waals surface area contributed by atoms with E-state index < -0.39 is 31.8 Å². The number of oxazole rings is 2. The van der Waals surface area contributed by atoms with Crippen molar-refractivity contribution < 1.29 is 19.3 Å². The van der Waals surface area contributed by atoms with Gasteiger partial charge in [-0.15, -0.1) is 0 Å². The van der Waals surface area contributed by atoms with Crippen LogP contribution in [-0.4, -0.2) is 41.7 Å². The van der Waals surface area contributed by atoms with Crippen LogP contribution in [0.1, 0.15) is 102 Å². The Hall–Kier alpha value is -3.56. The maximum Gasteiger partial charge on any atom is 0.743 e. The number of para-hydroxylation sites is 4. The Morgan fingerprint density at radius 3 is 1.37 bits per heavy atom. The van der Waals surface area contributed by atoms with E-state index in [4.69, 9.17) is 29.2 Å². The molecule has 0 atom stereocenters. The van der Waals surface area contributed by atoms with Gasteiger partial charge < -0.3 is 19.3 Å². The van der Waals surface area contributed by atoms with E-state index in [-0.39, 0.29) is 0 Å². The third-order valence-corrected chi connectivity index (χ3v) is 10.9. The molecule has 9 heteroatoms. The lowest BCUT2D eigenvalue weighted by molar-refractivity contribution is 0.417. The van der Waals surface area contributed by atoms with E-state index in [1.807, 2.05) is 60.7 Å². The molecule has 0 aliphatic heterocycles. The molecule has 0 amide bonds. The number of rotatable bonds is 22. The minimum Gasteiger partial charge on any atom is -0.627 e. The summed E-state index contributed by atoms with van der Waals surface area (Å²) < 4.78 is 31.4. The first-order chi connectivity index (χ1) is 25.2. The highest BCUT2D eigenvalue weighted by Gasteiger charge is 2.21. The maximum absolute atomic E-state index is 6.37. The summed E-state index contributed by atoms with van der Waals surface area (Å²) in [5.74, 6) is 2.63. The van der Waals surface area contributed by atoms with Crippen molar-refractivity contribution in [1.29, 1.82) is 0 Å². The van der Waals surface area contributed by atoms with Crippen LogP contribution in [0, 0.1) is 0 Å². The predicted molar refractivity (Wildman–Crippen MR) is 207 cm³/mol. The average molecular weight is 715 g/mol. The molecule has 0 unspecified atom stereocenters. The van der Waals surface area contributed by atoms with Crippen LogP contribution in [0.25, 0.3) is 45.1 Å². The monoisotopic (exact) mass is 714 g/mol. The molecule has 6 rings (SSSR count). The summed E-state index contributed by atoms with van der Waals surface area (Å²) in [6.45, 7) is 4.51. The normalized spacial score (nSPS) is 11.3. The first kappa shape index (κ1) is 37.2. The van der Waals surface area contributed by atoms with Crippen LogP contribution in [0.15, 0.2) is 93.8 Å². The number of unbranched alkanes of at least 4 members (excludes halogenated alkanes) is 10. The van der Waals surface area contributed by atoms with E-state index in [2.05, 4.69) is 38.1 Å². The molecule has 0 aliphatic rings.